The molecule has 0 atom stereocenters. The Kier molecular flexibility index (Phi) is 52.9. The highest BCUT2D eigenvalue weighted by atomic mass is 16.1. The summed E-state index contributed by atoms with van der Waals surface area (Å²) in [6, 6.07) is 0. The summed E-state index contributed by atoms with van der Waals surface area (Å²) in [5.41, 5.74) is 0. The number of carbonyl (C=O) groups is 6. The highest BCUT2D eigenvalue weighted by Crippen LogP contribution is 2.07. The molecule has 0 aliphatic rings. The Morgan fingerprint density at radius 2 is 0.569 bits per heavy atom. The standard InChI is InChI=1S/C10H20O.C9H18O.C8H16O.C7H14O.C6H12O.C5H10O/c1-4-5-6-7-8-10(11)9(2)3;1-4-5-6-7-9(10)8(2)3;1-4-5-6-8(9)7(2)3;1-4-5-7(8)6(2)3;1-4-6(7)5(2)3;1-4(2)5(3)6/h9H,4-8H2,1-3H3;8H,4-7H2,1-3H3;7H,4-6H2,1-3H3;6H,4-5H2,1-3H3;5H,4H2,1-3H3;4H,1-3H3. The van der Waals surface area contributed by atoms with E-state index in [1.165, 1.54) is 32.1 Å². The van der Waals surface area contributed by atoms with E-state index in [-0.39, 0.29) is 41.3 Å². The van der Waals surface area contributed by atoms with E-state index >= 15 is 0 Å². The third-order valence-electron chi connectivity index (χ3n) is 7.96. The molecule has 0 rings (SSSR count). The lowest BCUT2D eigenvalue weighted by Crippen LogP contribution is -2.05. The summed E-state index contributed by atoms with van der Waals surface area (Å²) >= 11 is 0. The lowest BCUT2D eigenvalue weighted by molar-refractivity contribution is -0.122. The van der Waals surface area contributed by atoms with Crippen LogP contribution in [-0.4, -0.2) is 34.7 Å². The zero-order valence-corrected chi connectivity index (χ0v) is 37.5. The van der Waals surface area contributed by atoms with E-state index in [4.69, 9.17) is 0 Å². The van der Waals surface area contributed by atoms with E-state index in [0.717, 1.165) is 57.8 Å². The van der Waals surface area contributed by atoms with Gasteiger partial charge in [-0.25, -0.2) is 0 Å². The topological polar surface area (TPSA) is 102 Å². The lowest BCUT2D eigenvalue weighted by Gasteiger charge is -2.02. The predicted molar refractivity (Wildman–Crippen MR) is 222 cm³/mol. The van der Waals surface area contributed by atoms with Gasteiger partial charge in [0.25, 0.3) is 0 Å². The fraction of sp³-hybridized carbons (Fsp3) is 0.867. The zero-order chi connectivity index (χ0) is 41.5. The average molecular weight is 727 g/mol. The van der Waals surface area contributed by atoms with Gasteiger partial charge in [-0.2, -0.15) is 0 Å². The van der Waals surface area contributed by atoms with Crippen LogP contribution < -0.4 is 0 Å². The van der Waals surface area contributed by atoms with Crippen molar-refractivity contribution in [3.8, 4) is 0 Å². The summed E-state index contributed by atoms with van der Waals surface area (Å²) < 4.78 is 0. The summed E-state index contributed by atoms with van der Waals surface area (Å²) in [5.74, 6) is 3.59. The molecule has 0 aliphatic carbocycles. The first-order chi connectivity index (χ1) is 23.5. The molecular weight excluding hydrogens is 636 g/mol. The molecule has 0 aliphatic heterocycles. The van der Waals surface area contributed by atoms with Crippen LogP contribution in [0.1, 0.15) is 221 Å². The van der Waals surface area contributed by atoms with Crippen LogP contribution in [0.2, 0.25) is 0 Å². The van der Waals surface area contributed by atoms with Gasteiger partial charge in [0.05, 0.1) is 0 Å². The van der Waals surface area contributed by atoms with E-state index in [2.05, 4.69) is 20.8 Å². The fourth-order valence-electron chi connectivity index (χ4n) is 3.44. The van der Waals surface area contributed by atoms with Crippen LogP contribution in [0.15, 0.2) is 0 Å². The van der Waals surface area contributed by atoms with Crippen molar-refractivity contribution >= 4 is 34.7 Å². The summed E-state index contributed by atoms with van der Waals surface area (Å²) in [4.78, 5) is 64.4. The molecule has 0 radical (unpaired) electrons. The van der Waals surface area contributed by atoms with Crippen LogP contribution in [0.3, 0.4) is 0 Å². The van der Waals surface area contributed by atoms with Crippen molar-refractivity contribution in [3.63, 3.8) is 0 Å². The van der Waals surface area contributed by atoms with Crippen LogP contribution in [0.25, 0.3) is 0 Å². The number of ketones is 6. The summed E-state index contributed by atoms with van der Waals surface area (Å²) in [6.07, 6.45) is 15.2. The Balaban J connectivity index is -0.000000120. The van der Waals surface area contributed by atoms with Gasteiger partial charge in [-0.05, 0) is 32.6 Å². The Hall–Kier alpha value is -1.98. The van der Waals surface area contributed by atoms with Crippen molar-refractivity contribution in [2.45, 2.75) is 221 Å². The van der Waals surface area contributed by atoms with E-state index in [1.807, 2.05) is 96.9 Å². The number of hydrogen-bond donors (Lipinski definition) is 0. The highest BCUT2D eigenvalue weighted by molar-refractivity contribution is 5.81. The van der Waals surface area contributed by atoms with E-state index in [9.17, 15) is 28.8 Å². The van der Waals surface area contributed by atoms with Gasteiger partial charge in [-0.1, -0.05) is 156 Å². The zero-order valence-electron chi connectivity index (χ0n) is 37.5. The van der Waals surface area contributed by atoms with Crippen LogP contribution in [0, 0.1) is 35.5 Å². The van der Waals surface area contributed by atoms with Gasteiger partial charge in [0.2, 0.25) is 0 Å². The minimum Gasteiger partial charge on any atom is -0.300 e. The number of rotatable bonds is 21. The molecule has 0 unspecified atom stereocenters. The summed E-state index contributed by atoms with van der Waals surface area (Å²) in [7, 11) is 0. The van der Waals surface area contributed by atoms with Crippen LogP contribution >= 0.6 is 0 Å². The van der Waals surface area contributed by atoms with Crippen molar-refractivity contribution in [1.29, 1.82) is 0 Å². The molecule has 0 bridgehead atoms. The van der Waals surface area contributed by atoms with Crippen molar-refractivity contribution < 1.29 is 28.8 Å². The quantitative estimate of drug-likeness (QED) is 0.109. The predicted octanol–water partition coefficient (Wildman–Crippen LogP) is 13.2. The molecule has 0 heterocycles. The molecule has 0 fully saturated rings. The third-order valence-corrected chi connectivity index (χ3v) is 7.96. The molecule has 51 heavy (non-hydrogen) atoms. The normalized spacial score (nSPS) is 10.1. The second kappa shape index (κ2) is 44.2. The van der Waals surface area contributed by atoms with E-state index < -0.39 is 0 Å². The number of carbonyl (C=O) groups excluding carboxylic acids is 6. The summed E-state index contributed by atoms with van der Waals surface area (Å²) in [5, 5.41) is 0. The minimum atomic E-state index is 0.213. The van der Waals surface area contributed by atoms with Gasteiger partial charge in [0.15, 0.2) is 0 Å². The Bertz CT molecular complexity index is 834. The van der Waals surface area contributed by atoms with Crippen molar-refractivity contribution in [3.05, 3.63) is 0 Å². The Morgan fingerprint density at radius 3 is 0.765 bits per heavy atom. The molecule has 306 valence electrons. The molecule has 0 saturated carbocycles. The maximum atomic E-state index is 11.1. The fourth-order valence-corrected chi connectivity index (χ4v) is 3.44. The van der Waals surface area contributed by atoms with Crippen LogP contribution in [0.5, 0.6) is 0 Å². The van der Waals surface area contributed by atoms with Gasteiger partial charge < -0.3 is 0 Å². The monoisotopic (exact) mass is 727 g/mol. The average Bonchev–Trinajstić information content (AvgIpc) is 3.06. The lowest BCUT2D eigenvalue weighted by atomic mass is 10.0. The largest absolute Gasteiger partial charge is 0.300 e. The van der Waals surface area contributed by atoms with Crippen LogP contribution in [-0.2, 0) is 28.8 Å². The second-order valence-electron chi connectivity index (χ2n) is 15.3. The van der Waals surface area contributed by atoms with E-state index in [1.54, 1.807) is 6.92 Å². The van der Waals surface area contributed by atoms with Gasteiger partial charge in [-0.15, -0.1) is 0 Å². The molecule has 0 N–H and O–H groups in total. The first-order valence-corrected chi connectivity index (χ1v) is 20.7. The molecule has 0 aromatic carbocycles. The third kappa shape index (κ3) is 57.6. The van der Waals surface area contributed by atoms with Crippen molar-refractivity contribution in [2.24, 2.45) is 35.5 Å². The number of hydrogen-bond acceptors (Lipinski definition) is 6. The van der Waals surface area contributed by atoms with E-state index in [0.29, 0.717) is 35.3 Å². The van der Waals surface area contributed by atoms with Gasteiger partial charge in [-0.3, -0.25) is 28.8 Å². The molecule has 0 saturated heterocycles. The first-order valence-electron chi connectivity index (χ1n) is 20.7. The maximum Gasteiger partial charge on any atom is 0.135 e. The molecule has 0 aromatic rings. The Morgan fingerprint density at radius 1 is 0.314 bits per heavy atom. The first kappa shape index (κ1) is 61.1. The SMILES string of the molecule is CC(=O)C(C)C.CCC(=O)C(C)C.CCCC(=O)C(C)C.CCCCC(=O)C(C)C.CCCCCC(=O)C(C)C.CCCCCCC(=O)C(C)C. The highest BCUT2D eigenvalue weighted by Gasteiger charge is 2.07. The van der Waals surface area contributed by atoms with Gasteiger partial charge in [0.1, 0.15) is 34.7 Å². The minimum absolute atomic E-state index is 0.213. The van der Waals surface area contributed by atoms with Crippen molar-refractivity contribution in [1.82, 2.24) is 0 Å². The smallest absolute Gasteiger partial charge is 0.135 e. The van der Waals surface area contributed by atoms with Gasteiger partial charge in [0, 0.05) is 67.6 Å². The number of Topliss-reactive ketones (excluding diaryl/α,β-unsaturated/α-hetero) is 6. The van der Waals surface area contributed by atoms with Crippen LogP contribution in [0.4, 0.5) is 0 Å². The maximum absolute atomic E-state index is 11.1. The molecule has 0 spiro atoms. The molecule has 6 nitrogen and oxygen atoms in total. The second-order valence-corrected chi connectivity index (χ2v) is 15.3. The molecule has 6 heteroatoms. The summed E-state index contributed by atoms with van der Waals surface area (Å²) in [6.45, 7) is 35.3. The van der Waals surface area contributed by atoms with Crippen molar-refractivity contribution in [2.75, 3.05) is 0 Å². The Labute approximate surface area is 319 Å². The van der Waals surface area contributed by atoms with Gasteiger partial charge >= 0.3 is 0 Å². The molecule has 0 aromatic heterocycles. The molecule has 0 amide bonds. The number of unbranched alkanes of at least 4 members (excludes halogenated alkanes) is 6. The molecular formula is C45H90O6.